The fraction of sp³-hybridized carbons (Fsp3) is 0.333. The van der Waals surface area contributed by atoms with E-state index in [1.54, 1.807) is 11.8 Å². The van der Waals surface area contributed by atoms with Gasteiger partial charge in [-0.25, -0.2) is 0 Å². The van der Waals surface area contributed by atoms with Crippen molar-refractivity contribution in [1.29, 1.82) is 0 Å². The molecule has 2 aromatic heterocycles. The van der Waals surface area contributed by atoms with E-state index in [0.29, 0.717) is 6.54 Å². The normalized spacial score (nSPS) is 12.6. The van der Waals surface area contributed by atoms with E-state index in [1.807, 2.05) is 18.5 Å². The second-order valence-electron chi connectivity index (χ2n) is 6.34. The summed E-state index contributed by atoms with van der Waals surface area (Å²) in [5.41, 5.74) is 4.35. The van der Waals surface area contributed by atoms with Crippen molar-refractivity contribution < 1.29 is 5.11 Å². The maximum absolute atomic E-state index is 9.16. The molecule has 0 unspecified atom stereocenters. The maximum Gasteiger partial charge on any atom is 0.103 e. The second kappa shape index (κ2) is 6.67. The van der Waals surface area contributed by atoms with Gasteiger partial charge in [0.2, 0.25) is 0 Å². The van der Waals surface area contributed by atoms with Crippen LogP contribution in [0.3, 0.4) is 0 Å². The molecule has 25 heavy (non-hydrogen) atoms. The average molecular weight is 355 g/mol. The van der Waals surface area contributed by atoms with Crippen LogP contribution in [0.15, 0.2) is 40.4 Å². The zero-order valence-corrected chi connectivity index (χ0v) is 15.2. The van der Waals surface area contributed by atoms with Crippen LogP contribution in [-0.4, -0.2) is 58.6 Å². The molecule has 0 bridgehead atoms. The van der Waals surface area contributed by atoms with Gasteiger partial charge in [-0.05, 0) is 32.3 Å². The molecule has 7 heteroatoms. The molecule has 0 radical (unpaired) electrons. The van der Waals surface area contributed by atoms with E-state index in [4.69, 9.17) is 10.2 Å². The summed E-state index contributed by atoms with van der Waals surface area (Å²) in [7, 11) is 4.15. The van der Waals surface area contributed by atoms with E-state index >= 15 is 0 Å². The summed E-state index contributed by atoms with van der Waals surface area (Å²) in [6, 6.07) is 6.24. The predicted molar refractivity (Wildman–Crippen MR) is 101 cm³/mol. The van der Waals surface area contributed by atoms with Crippen LogP contribution < -0.4 is 5.32 Å². The number of anilines is 1. The monoisotopic (exact) mass is 355 g/mol. The van der Waals surface area contributed by atoms with Crippen LogP contribution in [0.1, 0.15) is 0 Å². The van der Waals surface area contributed by atoms with Crippen molar-refractivity contribution in [3.8, 4) is 11.3 Å². The summed E-state index contributed by atoms with van der Waals surface area (Å²) in [4.78, 5) is 8.72. The lowest BCUT2D eigenvalue weighted by atomic mass is 10.1. The highest BCUT2D eigenvalue weighted by Gasteiger charge is 2.26. The van der Waals surface area contributed by atoms with Gasteiger partial charge in [-0.2, -0.15) is 5.10 Å². The third-order valence-corrected chi connectivity index (χ3v) is 5.48. The van der Waals surface area contributed by atoms with E-state index in [1.165, 1.54) is 5.39 Å². The first-order valence-corrected chi connectivity index (χ1v) is 9.16. The number of nitrogens with zero attached hydrogens (tertiary/aromatic N) is 4. The van der Waals surface area contributed by atoms with E-state index in [0.717, 1.165) is 45.3 Å². The first kappa shape index (κ1) is 16.4. The molecule has 130 valence electrons. The first-order valence-electron chi connectivity index (χ1n) is 8.34. The van der Waals surface area contributed by atoms with Crippen LogP contribution >= 0.6 is 11.8 Å². The SMILES string of the molecule is CN(C)CCn1nc2c3c(c(NCCO)ccc31)Sc1cnccc1-2. The van der Waals surface area contributed by atoms with Crippen LogP contribution in [0.25, 0.3) is 22.2 Å². The van der Waals surface area contributed by atoms with E-state index in [-0.39, 0.29) is 6.61 Å². The number of likely N-dealkylation sites (N-methyl/N-ethyl adjacent to an activating group) is 1. The lowest BCUT2D eigenvalue weighted by molar-refractivity contribution is 0.311. The fourth-order valence-corrected chi connectivity index (χ4v) is 4.26. The molecule has 0 saturated heterocycles. The van der Waals surface area contributed by atoms with Gasteiger partial charge < -0.3 is 15.3 Å². The third kappa shape index (κ3) is 2.88. The molecule has 3 aromatic rings. The zero-order chi connectivity index (χ0) is 17.4. The molecule has 0 fully saturated rings. The quantitative estimate of drug-likeness (QED) is 0.554. The van der Waals surface area contributed by atoms with Gasteiger partial charge in [-0.15, -0.1) is 0 Å². The molecular formula is C18H21N5OS. The summed E-state index contributed by atoms with van der Waals surface area (Å²) in [5, 5.41) is 18.6. The third-order valence-electron chi connectivity index (χ3n) is 4.31. The van der Waals surface area contributed by atoms with E-state index in [9.17, 15) is 0 Å². The van der Waals surface area contributed by atoms with E-state index < -0.39 is 0 Å². The number of rotatable bonds is 6. The molecule has 1 aliphatic heterocycles. The highest BCUT2D eigenvalue weighted by molar-refractivity contribution is 8.00. The number of aliphatic hydroxyl groups is 1. The van der Waals surface area contributed by atoms with Gasteiger partial charge in [0, 0.05) is 51.9 Å². The van der Waals surface area contributed by atoms with Crippen LogP contribution in [0.4, 0.5) is 5.69 Å². The highest BCUT2D eigenvalue weighted by atomic mass is 32.2. The maximum atomic E-state index is 9.16. The smallest absolute Gasteiger partial charge is 0.103 e. The number of fused-ring (bicyclic) bond motifs is 2. The molecule has 1 aromatic carbocycles. The topological polar surface area (TPSA) is 66.2 Å². The van der Waals surface area contributed by atoms with Crippen molar-refractivity contribution in [2.45, 2.75) is 16.3 Å². The number of aliphatic hydroxyl groups excluding tert-OH is 1. The van der Waals surface area contributed by atoms with Gasteiger partial charge in [0.1, 0.15) is 5.69 Å². The predicted octanol–water partition coefficient (Wildman–Crippen LogP) is 2.53. The molecule has 2 N–H and O–H groups in total. The van der Waals surface area contributed by atoms with Crippen LogP contribution in [0, 0.1) is 0 Å². The molecule has 0 saturated carbocycles. The minimum atomic E-state index is 0.106. The minimum absolute atomic E-state index is 0.106. The Labute approximate surface area is 150 Å². The van der Waals surface area contributed by atoms with Gasteiger partial charge in [-0.3, -0.25) is 9.67 Å². The molecule has 4 rings (SSSR count). The van der Waals surface area contributed by atoms with Crippen molar-refractivity contribution in [2.75, 3.05) is 39.1 Å². The number of benzene rings is 1. The standard InChI is InChI=1S/C18H21N5OS/c1-22(2)8-9-23-14-4-3-13(20-7-10-24)18-16(14)17(21-23)12-5-6-19-11-15(12)25-18/h3-6,11,20,24H,7-10H2,1-2H3. The van der Waals surface area contributed by atoms with Crippen molar-refractivity contribution in [2.24, 2.45) is 0 Å². The minimum Gasteiger partial charge on any atom is -0.395 e. The summed E-state index contributed by atoms with van der Waals surface area (Å²) in [6.45, 7) is 2.42. The molecule has 1 aliphatic rings. The Bertz CT molecular complexity index is 921. The average Bonchev–Trinajstić information content (AvgIpc) is 2.99. The molecule has 6 nitrogen and oxygen atoms in total. The number of hydrogen-bond donors (Lipinski definition) is 2. The number of hydrogen-bond acceptors (Lipinski definition) is 6. The molecule has 0 aliphatic carbocycles. The van der Waals surface area contributed by atoms with Gasteiger partial charge in [0.05, 0.1) is 18.7 Å². The molecule has 3 heterocycles. The Balaban J connectivity index is 1.90. The Morgan fingerprint density at radius 2 is 2.16 bits per heavy atom. The Morgan fingerprint density at radius 3 is 2.96 bits per heavy atom. The largest absolute Gasteiger partial charge is 0.395 e. The lowest BCUT2D eigenvalue weighted by Gasteiger charge is -2.18. The number of pyridine rings is 1. The molecular weight excluding hydrogens is 334 g/mol. The van der Waals surface area contributed by atoms with Gasteiger partial charge >= 0.3 is 0 Å². The van der Waals surface area contributed by atoms with Gasteiger partial charge in [0.25, 0.3) is 0 Å². The summed E-state index contributed by atoms with van der Waals surface area (Å²) >= 11 is 1.72. The van der Waals surface area contributed by atoms with Crippen LogP contribution in [-0.2, 0) is 6.54 Å². The Kier molecular flexibility index (Phi) is 4.37. The fourth-order valence-electron chi connectivity index (χ4n) is 3.10. The van der Waals surface area contributed by atoms with Crippen molar-refractivity contribution in [1.82, 2.24) is 19.7 Å². The molecule has 0 spiro atoms. The number of aromatic nitrogens is 3. The van der Waals surface area contributed by atoms with Gasteiger partial charge in [-0.1, -0.05) is 11.8 Å². The highest BCUT2D eigenvalue weighted by Crippen LogP contribution is 2.49. The van der Waals surface area contributed by atoms with Gasteiger partial charge in [0.15, 0.2) is 0 Å². The van der Waals surface area contributed by atoms with Crippen molar-refractivity contribution in [3.63, 3.8) is 0 Å². The van der Waals surface area contributed by atoms with Crippen LogP contribution in [0.2, 0.25) is 0 Å². The summed E-state index contributed by atoms with van der Waals surface area (Å²) in [5.74, 6) is 0. The lowest BCUT2D eigenvalue weighted by Crippen LogP contribution is -2.19. The summed E-state index contributed by atoms with van der Waals surface area (Å²) in [6.07, 6.45) is 3.72. The number of nitrogens with one attached hydrogen (secondary N) is 1. The zero-order valence-electron chi connectivity index (χ0n) is 14.4. The first-order chi connectivity index (χ1) is 12.2. The van der Waals surface area contributed by atoms with Crippen molar-refractivity contribution >= 4 is 28.4 Å². The molecule has 0 atom stereocenters. The van der Waals surface area contributed by atoms with E-state index in [2.05, 4.69) is 46.1 Å². The summed E-state index contributed by atoms with van der Waals surface area (Å²) < 4.78 is 2.10. The Hall–Kier alpha value is -2.09. The van der Waals surface area contributed by atoms with Crippen LogP contribution in [0.5, 0.6) is 0 Å². The second-order valence-corrected chi connectivity index (χ2v) is 7.39. The van der Waals surface area contributed by atoms with Crippen molar-refractivity contribution in [3.05, 3.63) is 30.6 Å². The molecule has 0 amide bonds. The Morgan fingerprint density at radius 1 is 1.28 bits per heavy atom.